The van der Waals surface area contributed by atoms with E-state index in [-0.39, 0.29) is 0 Å². The van der Waals surface area contributed by atoms with Gasteiger partial charge in [0.2, 0.25) is 0 Å². The van der Waals surface area contributed by atoms with Crippen LogP contribution in [0.15, 0.2) is 76.7 Å². The maximum absolute atomic E-state index is 4.89. The highest BCUT2D eigenvalue weighted by Crippen LogP contribution is 2.29. The summed E-state index contributed by atoms with van der Waals surface area (Å²) in [5.41, 5.74) is 10.0. The van der Waals surface area contributed by atoms with Gasteiger partial charge in [-0.15, -0.1) is 0 Å². The number of hydrogen-bond acceptors (Lipinski definition) is 4. The van der Waals surface area contributed by atoms with Gasteiger partial charge in [0.15, 0.2) is 0 Å². The number of nitrogens with one attached hydrogen (secondary N) is 1. The number of fused-ring (bicyclic) bond motifs is 1. The third-order valence-corrected chi connectivity index (χ3v) is 7.37. The molecule has 0 radical (unpaired) electrons. The van der Waals surface area contributed by atoms with Gasteiger partial charge in [-0.1, -0.05) is 50.1 Å². The second-order valence-corrected chi connectivity index (χ2v) is 10.6. The normalized spacial score (nSPS) is 22.1. The molecular formula is C32H46N4. The van der Waals surface area contributed by atoms with Crippen molar-refractivity contribution in [3.05, 3.63) is 88.4 Å². The van der Waals surface area contributed by atoms with Crippen LogP contribution in [0.2, 0.25) is 0 Å². The Morgan fingerprint density at radius 3 is 2.33 bits per heavy atom. The number of benzene rings is 1. The van der Waals surface area contributed by atoms with E-state index in [0.717, 1.165) is 35.9 Å². The summed E-state index contributed by atoms with van der Waals surface area (Å²) in [6.45, 7) is 24.0. The molecule has 1 fully saturated rings. The number of aliphatic imine (C=N–C) groups is 1. The summed E-state index contributed by atoms with van der Waals surface area (Å²) >= 11 is 0. The van der Waals surface area contributed by atoms with Crippen molar-refractivity contribution in [1.82, 2.24) is 15.1 Å². The van der Waals surface area contributed by atoms with Crippen LogP contribution in [0.4, 0.5) is 0 Å². The lowest BCUT2D eigenvalue weighted by Gasteiger charge is -2.40. The van der Waals surface area contributed by atoms with Crippen LogP contribution < -0.4 is 5.32 Å². The fraction of sp³-hybridized carbons (Fsp3) is 0.469. The van der Waals surface area contributed by atoms with Gasteiger partial charge in [0.05, 0.1) is 11.4 Å². The van der Waals surface area contributed by atoms with E-state index in [2.05, 4.69) is 120 Å². The summed E-state index contributed by atoms with van der Waals surface area (Å²) in [7, 11) is 0. The van der Waals surface area contributed by atoms with Crippen molar-refractivity contribution in [3.63, 3.8) is 0 Å². The zero-order valence-electron chi connectivity index (χ0n) is 23.8. The minimum absolute atomic E-state index is 0.485. The molecule has 4 nitrogen and oxygen atoms in total. The van der Waals surface area contributed by atoms with Crippen LogP contribution in [0, 0.1) is 13.8 Å². The first kappa shape index (κ1) is 27.7. The van der Waals surface area contributed by atoms with Crippen LogP contribution in [-0.4, -0.2) is 40.8 Å². The highest BCUT2D eigenvalue weighted by atomic mass is 15.3. The minimum Gasteiger partial charge on any atom is -0.367 e. The van der Waals surface area contributed by atoms with Crippen LogP contribution in [0.1, 0.15) is 77.5 Å². The molecule has 0 aromatic heterocycles. The van der Waals surface area contributed by atoms with E-state index in [4.69, 9.17) is 4.99 Å². The van der Waals surface area contributed by atoms with Crippen molar-refractivity contribution < 1.29 is 0 Å². The molecule has 2 atom stereocenters. The van der Waals surface area contributed by atoms with Gasteiger partial charge in [0.25, 0.3) is 0 Å². The molecule has 0 saturated carbocycles. The molecule has 4 heteroatoms. The van der Waals surface area contributed by atoms with E-state index < -0.39 is 0 Å². The van der Waals surface area contributed by atoms with Crippen molar-refractivity contribution in [2.45, 2.75) is 86.7 Å². The molecule has 0 amide bonds. The Kier molecular flexibility index (Phi) is 9.56. The lowest BCUT2D eigenvalue weighted by molar-refractivity contribution is 0.218. The van der Waals surface area contributed by atoms with Crippen molar-refractivity contribution in [2.75, 3.05) is 13.1 Å². The standard InChI is InChI=1S/C23H28N4.C9H18/c1-15-6-7-20(10-16(15)2)22-11-19(5)27-14-21(8-9-23(27)25-22)26-12-17(3)24-18(4)13-26;1-5-7-9(4)8(3)6-2/h6-11,14,17-18,24H,5,12-13H2,1-4H3;5-7H2,1-4H3/b;9-8+/t17-,18?;/m0./s1. The maximum Gasteiger partial charge on any atom is 0.137 e. The minimum atomic E-state index is 0.485. The fourth-order valence-corrected chi connectivity index (χ4v) is 4.85. The molecule has 0 spiro atoms. The number of aryl methyl sites for hydroxylation is 2. The third kappa shape index (κ3) is 6.88. The van der Waals surface area contributed by atoms with Crippen molar-refractivity contribution >= 4 is 11.5 Å². The Bertz CT molecular complexity index is 1100. The molecule has 3 aliphatic rings. The quantitative estimate of drug-likeness (QED) is 0.437. The summed E-state index contributed by atoms with van der Waals surface area (Å²) in [5.74, 6) is 0.927. The van der Waals surface area contributed by atoms with Crippen molar-refractivity contribution in [3.8, 4) is 0 Å². The lowest BCUT2D eigenvalue weighted by Crippen LogP contribution is -2.53. The molecular weight excluding hydrogens is 440 g/mol. The summed E-state index contributed by atoms with van der Waals surface area (Å²) in [6.07, 6.45) is 12.3. The van der Waals surface area contributed by atoms with Gasteiger partial charge in [-0.25, -0.2) is 4.99 Å². The molecule has 3 heterocycles. The van der Waals surface area contributed by atoms with Gasteiger partial charge in [-0.2, -0.15) is 0 Å². The molecule has 0 aliphatic carbocycles. The third-order valence-electron chi connectivity index (χ3n) is 7.37. The molecule has 1 saturated heterocycles. The summed E-state index contributed by atoms with van der Waals surface area (Å²) in [6, 6.07) is 7.46. The van der Waals surface area contributed by atoms with E-state index >= 15 is 0 Å². The van der Waals surface area contributed by atoms with E-state index in [1.807, 2.05) is 0 Å². The summed E-state index contributed by atoms with van der Waals surface area (Å²) < 4.78 is 0. The lowest BCUT2D eigenvalue weighted by atomic mass is 10.0. The Labute approximate surface area is 219 Å². The van der Waals surface area contributed by atoms with Gasteiger partial charge in [0.1, 0.15) is 5.84 Å². The Hall–Kier alpha value is -2.85. The predicted molar refractivity (Wildman–Crippen MR) is 157 cm³/mol. The van der Waals surface area contributed by atoms with Crippen LogP contribution in [0.5, 0.6) is 0 Å². The molecule has 1 unspecified atom stereocenters. The van der Waals surface area contributed by atoms with Gasteiger partial charge < -0.3 is 15.1 Å². The molecule has 4 rings (SSSR count). The first-order chi connectivity index (χ1) is 17.1. The summed E-state index contributed by atoms with van der Waals surface area (Å²) in [4.78, 5) is 9.42. The molecule has 1 aromatic carbocycles. The number of piperazine rings is 1. The highest BCUT2D eigenvalue weighted by molar-refractivity contribution is 6.02. The first-order valence-electron chi connectivity index (χ1n) is 13.5. The molecule has 1 N–H and O–H groups in total. The van der Waals surface area contributed by atoms with E-state index in [1.165, 1.54) is 36.1 Å². The largest absolute Gasteiger partial charge is 0.367 e. The van der Waals surface area contributed by atoms with Crippen LogP contribution in [0.25, 0.3) is 5.70 Å². The predicted octanol–water partition coefficient (Wildman–Crippen LogP) is 7.50. The SMILES string of the molecule is C=C1C=C(c2ccc(C)c(C)c2)N=C2C=CC(N3CC(C)N[C@@H](C)C3)=CN12.CCC/C(C)=C(\C)CC. The average Bonchev–Trinajstić information content (AvgIpc) is 2.85. The second kappa shape index (κ2) is 12.4. The van der Waals surface area contributed by atoms with Crippen molar-refractivity contribution in [1.29, 1.82) is 0 Å². The number of allylic oxidation sites excluding steroid dienone is 4. The molecule has 36 heavy (non-hydrogen) atoms. The van der Waals surface area contributed by atoms with Crippen LogP contribution in [-0.2, 0) is 0 Å². The van der Waals surface area contributed by atoms with E-state index in [0.29, 0.717) is 12.1 Å². The number of rotatable bonds is 5. The Balaban J connectivity index is 0.000000345. The average molecular weight is 487 g/mol. The van der Waals surface area contributed by atoms with Crippen LogP contribution in [0.3, 0.4) is 0 Å². The Morgan fingerprint density at radius 1 is 1.03 bits per heavy atom. The van der Waals surface area contributed by atoms with Gasteiger partial charge in [-0.3, -0.25) is 0 Å². The fourth-order valence-electron chi connectivity index (χ4n) is 4.85. The molecule has 194 valence electrons. The van der Waals surface area contributed by atoms with E-state index in [9.17, 15) is 0 Å². The molecule has 1 aromatic rings. The smallest absolute Gasteiger partial charge is 0.137 e. The number of hydrogen-bond donors (Lipinski definition) is 1. The zero-order chi connectivity index (χ0) is 26.4. The zero-order valence-corrected chi connectivity index (χ0v) is 23.8. The number of nitrogens with zero attached hydrogens (tertiary/aromatic N) is 3. The summed E-state index contributed by atoms with van der Waals surface area (Å²) in [5, 5.41) is 3.59. The topological polar surface area (TPSA) is 30.9 Å². The second-order valence-electron chi connectivity index (χ2n) is 10.6. The monoisotopic (exact) mass is 486 g/mol. The maximum atomic E-state index is 4.89. The van der Waals surface area contributed by atoms with Gasteiger partial charge in [0, 0.05) is 42.6 Å². The van der Waals surface area contributed by atoms with Crippen LogP contribution >= 0.6 is 0 Å². The molecule has 3 aliphatic heterocycles. The van der Waals surface area contributed by atoms with Gasteiger partial charge in [-0.05, 0) is 89.8 Å². The van der Waals surface area contributed by atoms with E-state index in [1.54, 1.807) is 11.1 Å². The van der Waals surface area contributed by atoms with Crippen molar-refractivity contribution in [2.24, 2.45) is 4.99 Å². The first-order valence-corrected chi connectivity index (χ1v) is 13.5. The Morgan fingerprint density at radius 2 is 1.72 bits per heavy atom. The highest BCUT2D eigenvalue weighted by Gasteiger charge is 2.26. The number of amidine groups is 1. The van der Waals surface area contributed by atoms with Gasteiger partial charge >= 0.3 is 0 Å². The molecule has 0 bridgehead atoms.